The molecule has 0 unspecified atom stereocenters. The third kappa shape index (κ3) is 7.32. The highest BCUT2D eigenvalue weighted by Crippen LogP contribution is 2.20. The number of aryl methyl sites for hydroxylation is 2. The van der Waals surface area contributed by atoms with Gasteiger partial charge in [-0.3, -0.25) is 4.79 Å². The van der Waals surface area contributed by atoms with Crippen LogP contribution in [0, 0.1) is 5.82 Å². The molecule has 3 aromatic carbocycles. The largest absolute Gasteiger partial charge is 0.497 e. The lowest BCUT2D eigenvalue weighted by molar-refractivity contribution is 0.0949. The van der Waals surface area contributed by atoms with E-state index in [-0.39, 0.29) is 11.5 Å². The van der Waals surface area contributed by atoms with Crippen molar-refractivity contribution in [3.05, 3.63) is 90.0 Å². The Labute approximate surface area is 217 Å². The second-order valence-electron chi connectivity index (χ2n) is 8.95. The zero-order valence-corrected chi connectivity index (χ0v) is 21.3. The minimum absolute atomic E-state index is 0.0885. The molecule has 4 rings (SSSR count). The molecular formula is C30H34FN3O3. The molecule has 1 N–H and O–H groups in total. The molecule has 0 aliphatic rings. The Kier molecular flexibility index (Phi) is 9.52. The van der Waals surface area contributed by atoms with E-state index in [4.69, 9.17) is 14.5 Å². The molecular weight excluding hydrogens is 469 g/mol. The summed E-state index contributed by atoms with van der Waals surface area (Å²) in [4.78, 5) is 17.0. The van der Waals surface area contributed by atoms with Gasteiger partial charge < -0.3 is 19.4 Å². The van der Waals surface area contributed by atoms with Crippen LogP contribution in [0.3, 0.4) is 0 Å². The van der Waals surface area contributed by atoms with Crippen molar-refractivity contribution in [2.45, 2.75) is 45.1 Å². The number of para-hydroxylation sites is 2. The summed E-state index contributed by atoms with van der Waals surface area (Å²) in [5.41, 5.74) is 2.26. The molecule has 0 aliphatic carbocycles. The van der Waals surface area contributed by atoms with Gasteiger partial charge >= 0.3 is 0 Å². The van der Waals surface area contributed by atoms with E-state index in [0.29, 0.717) is 13.2 Å². The molecule has 37 heavy (non-hydrogen) atoms. The number of hydrogen-bond donors (Lipinski definition) is 1. The number of methoxy groups -OCH3 is 1. The summed E-state index contributed by atoms with van der Waals surface area (Å²) in [5.74, 6) is 1.90. The van der Waals surface area contributed by atoms with Crippen LogP contribution in [0.1, 0.15) is 48.3 Å². The van der Waals surface area contributed by atoms with Crippen LogP contribution in [0.4, 0.5) is 4.39 Å². The number of nitrogens with one attached hydrogen (secondary N) is 1. The SMILES string of the molecule is COc1ccc(OCCCCn2c(CCCCCNC(=O)c3ccccc3F)nc3ccccc32)cc1. The molecule has 0 radical (unpaired) electrons. The Balaban J connectivity index is 1.21. The fraction of sp³-hybridized carbons (Fsp3) is 0.333. The minimum atomic E-state index is -0.494. The highest BCUT2D eigenvalue weighted by molar-refractivity contribution is 5.94. The van der Waals surface area contributed by atoms with Gasteiger partial charge in [-0.05, 0) is 74.2 Å². The maximum absolute atomic E-state index is 13.7. The summed E-state index contributed by atoms with van der Waals surface area (Å²) in [6.07, 6.45) is 5.57. The Morgan fingerprint density at radius 1 is 0.892 bits per heavy atom. The number of ether oxygens (including phenoxy) is 2. The molecule has 0 spiro atoms. The molecule has 0 saturated heterocycles. The highest BCUT2D eigenvalue weighted by atomic mass is 19.1. The van der Waals surface area contributed by atoms with Gasteiger partial charge in [-0.1, -0.05) is 30.7 Å². The topological polar surface area (TPSA) is 65.4 Å². The van der Waals surface area contributed by atoms with Crippen LogP contribution < -0.4 is 14.8 Å². The number of hydrogen-bond acceptors (Lipinski definition) is 4. The fourth-order valence-corrected chi connectivity index (χ4v) is 4.33. The van der Waals surface area contributed by atoms with Crippen molar-refractivity contribution in [1.29, 1.82) is 0 Å². The number of carbonyl (C=O) groups excluding carboxylic acids is 1. The average Bonchev–Trinajstić information content (AvgIpc) is 3.28. The number of rotatable bonds is 14. The lowest BCUT2D eigenvalue weighted by Gasteiger charge is -2.11. The molecule has 1 amide bonds. The van der Waals surface area contributed by atoms with E-state index in [1.54, 1.807) is 19.2 Å². The second-order valence-corrected chi connectivity index (χ2v) is 8.95. The number of halogens is 1. The van der Waals surface area contributed by atoms with E-state index in [1.807, 2.05) is 30.3 Å². The molecule has 1 heterocycles. The van der Waals surface area contributed by atoms with Gasteiger partial charge in [0.05, 0.1) is 30.3 Å². The van der Waals surface area contributed by atoms with Crippen molar-refractivity contribution in [3.63, 3.8) is 0 Å². The molecule has 4 aromatic rings. The van der Waals surface area contributed by atoms with Crippen LogP contribution in [-0.4, -0.2) is 35.7 Å². The maximum Gasteiger partial charge on any atom is 0.254 e. The number of unbranched alkanes of at least 4 members (excludes halogenated alkanes) is 3. The summed E-state index contributed by atoms with van der Waals surface area (Å²) in [5, 5.41) is 2.81. The molecule has 0 atom stereocenters. The van der Waals surface area contributed by atoms with Crippen LogP contribution in [-0.2, 0) is 13.0 Å². The minimum Gasteiger partial charge on any atom is -0.497 e. The van der Waals surface area contributed by atoms with Crippen molar-refractivity contribution < 1.29 is 18.7 Å². The number of benzene rings is 3. The molecule has 6 nitrogen and oxygen atoms in total. The van der Waals surface area contributed by atoms with Gasteiger partial charge in [0.25, 0.3) is 5.91 Å². The Morgan fingerprint density at radius 3 is 2.46 bits per heavy atom. The summed E-state index contributed by atoms with van der Waals surface area (Å²) < 4.78 is 27.1. The van der Waals surface area contributed by atoms with Crippen LogP contribution >= 0.6 is 0 Å². The van der Waals surface area contributed by atoms with E-state index in [2.05, 4.69) is 28.1 Å². The summed E-state index contributed by atoms with van der Waals surface area (Å²) in [6, 6.07) is 21.9. The van der Waals surface area contributed by atoms with E-state index in [1.165, 1.54) is 12.1 Å². The number of amides is 1. The van der Waals surface area contributed by atoms with E-state index >= 15 is 0 Å². The summed E-state index contributed by atoms with van der Waals surface area (Å²) in [7, 11) is 1.65. The molecule has 0 fully saturated rings. The Hall–Kier alpha value is -3.87. The monoisotopic (exact) mass is 503 g/mol. The molecule has 194 valence electrons. The summed E-state index contributed by atoms with van der Waals surface area (Å²) in [6.45, 7) is 2.07. The Bertz CT molecular complexity index is 1290. The molecule has 7 heteroatoms. The van der Waals surface area contributed by atoms with Gasteiger partial charge in [-0.2, -0.15) is 0 Å². The fourth-order valence-electron chi connectivity index (χ4n) is 4.33. The Morgan fingerprint density at radius 2 is 1.65 bits per heavy atom. The van der Waals surface area contributed by atoms with Gasteiger partial charge in [0.2, 0.25) is 0 Å². The molecule has 0 bridgehead atoms. The van der Waals surface area contributed by atoms with Crippen molar-refractivity contribution >= 4 is 16.9 Å². The first-order valence-corrected chi connectivity index (χ1v) is 12.9. The van der Waals surface area contributed by atoms with Crippen LogP contribution in [0.5, 0.6) is 11.5 Å². The lowest BCUT2D eigenvalue weighted by atomic mass is 10.1. The maximum atomic E-state index is 13.7. The van der Waals surface area contributed by atoms with Crippen molar-refractivity contribution in [2.24, 2.45) is 0 Å². The smallest absolute Gasteiger partial charge is 0.254 e. The predicted octanol–water partition coefficient (Wildman–Crippen LogP) is 6.19. The first-order chi connectivity index (χ1) is 18.2. The molecule has 0 saturated carbocycles. The number of aromatic nitrogens is 2. The quantitative estimate of drug-likeness (QED) is 0.209. The van der Waals surface area contributed by atoms with Gasteiger partial charge in [0.15, 0.2) is 0 Å². The van der Waals surface area contributed by atoms with Crippen LogP contribution in [0.2, 0.25) is 0 Å². The van der Waals surface area contributed by atoms with Gasteiger partial charge in [-0.25, -0.2) is 9.37 Å². The van der Waals surface area contributed by atoms with Crippen LogP contribution in [0.15, 0.2) is 72.8 Å². The van der Waals surface area contributed by atoms with E-state index in [9.17, 15) is 9.18 Å². The molecule has 0 aliphatic heterocycles. The number of imidazole rings is 1. The first kappa shape index (κ1) is 26.2. The molecule has 1 aromatic heterocycles. The second kappa shape index (κ2) is 13.4. The lowest BCUT2D eigenvalue weighted by Crippen LogP contribution is -2.25. The standard InChI is InChI=1S/C30H34FN3O3/c1-36-23-16-18-24(19-17-23)37-22-10-9-21-34-28-14-7-6-13-27(28)33-29(34)15-3-2-8-20-32-30(35)25-11-4-5-12-26(25)31/h4-7,11-14,16-19H,2-3,8-10,15,20-22H2,1H3,(H,32,35). The number of nitrogens with zero attached hydrogens (tertiary/aromatic N) is 2. The van der Waals surface area contributed by atoms with Gasteiger partial charge in [0, 0.05) is 19.5 Å². The number of carbonyl (C=O) groups is 1. The highest BCUT2D eigenvalue weighted by Gasteiger charge is 2.11. The van der Waals surface area contributed by atoms with Crippen molar-refractivity contribution in [2.75, 3.05) is 20.3 Å². The average molecular weight is 504 g/mol. The van der Waals surface area contributed by atoms with Crippen molar-refractivity contribution in [1.82, 2.24) is 14.9 Å². The predicted molar refractivity (Wildman–Crippen MR) is 144 cm³/mol. The van der Waals surface area contributed by atoms with E-state index < -0.39 is 5.82 Å². The van der Waals surface area contributed by atoms with Crippen molar-refractivity contribution in [3.8, 4) is 11.5 Å². The van der Waals surface area contributed by atoms with Gasteiger partial charge in [0.1, 0.15) is 23.1 Å². The van der Waals surface area contributed by atoms with E-state index in [0.717, 1.165) is 73.4 Å². The normalized spacial score (nSPS) is 11.0. The first-order valence-electron chi connectivity index (χ1n) is 12.9. The third-order valence-corrected chi connectivity index (χ3v) is 6.32. The zero-order chi connectivity index (χ0) is 25.9. The third-order valence-electron chi connectivity index (χ3n) is 6.32. The zero-order valence-electron chi connectivity index (χ0n) is 21.3. The summed E-state index contributed by atoms with van der Waals surface area (Å²) >= 11 is 0. The van der Waals surface area contributed by atoms with Gasteiger partial charge in [-0.15, -0.1) is 0 Å². The van der Waals surface area contributed by atoms with Crippen LogP contribution in [0.25, 0.3) is 11.0 Å². The number of fused-ring (bicyclic) bond motifs is 1.